The average molecular weight is 1810 g/mol. The highest BCUT2D eigenvalue weighted by molar-refractivity contribution is 6.21. The molecule has 7 aliphatic heterocycles. The van der Waals surface area contributed by atoms with Gasteiger partial charge >= 0.3 is 0 Å². The molecule has 28 nitrogen and oxygen atoms in total. The van der Waals surface area contributed by atoms with E-state index < -0.39 is 0 Å². The smallest absolute Gasteiger partial charge is 0.184 e. The highest BCUT2D eigenvalue weighted by Crippen LogP contribution is 2.38. The average Bonchev–Trinajstić information content (AvgIpc) is 1.29. The second-order valence-corrected chi connectivity index (χ2v) is 33.7. The van der Waals surface area contributed by atoms with Crippen LogP contribution in [-0.2, 0) is 24.1 Å². The molecule has 28 heteroatoms. The number of pyridine rings is 3. The van der Waals surface area contributed by atoms with Crippen molar-refractivity contribution in [3.05, 3.63) is 344 Å². The largest absolute Gasteiger partial charge is 0.378 e. The number of carbonyl (C=O) groups excluding carboxylic acids is 6. The summed E-state index contributed by atoms with van der Waals surface area (Å²) < 4.78 is 7.40. The monoisotopic (exact) mass is 1800 g/mol. The molecule has 0 bridgehead atoms. The molecule has 13 aromatic rings. The maximum Gasteiger partial charge on any atom is 0.184 e. The van der Waals surface area contributed by atoms with Gasteiger partial charge < -0.3 is 48.6 Å². The van der Waals surface area contributed by atoms with Gasteiger partial charge in [-0.05, 0) is 142 Å². The lowest BCUT2D eigenvalue weighted by Gasteiger charge is -2.28. The molecule has 680 valence electrons. The van der Waals surface area contributed by atoms with E-state index in [1.54, 1.807) is 12.5 Å². The van der Waals surface area contributed by atoms with Crippen LogP contribution in [0.5, 0.6) is 0 Å². The molecule has 0 spiro atoms. The van der Waals surface area contributed by atoms with Crippen molar-refractivity contribution in [1.82, 2.24) is 39.9 Å². The SMILES string of the molecule is CC(C)C1=CCc2ncc(-c3ccc4c(c3)C(CN)=NCC4=O)cc21.Cc1ccccc1-c1ccc2c(c1)C(CN)=NCC2=O.NCC1=NCC(=O)c2ccc(-c3cccnn3)cc21.NCC1=NCC(=O)c2ccc(-c3cnc4c(c3)C=CC4)cc21.NCC1=NCC(=O)c2ccc(-c3cncc(N4CCOCC4)c3)cc21.NCC1=NCC(=O)c2ccc(-c3nncn3Cc3ccccc3)cc21. The fourth-order valence-electron chi connectivity index (χ4n) is 17.7. The number of rotatable bonds is 16. The van der Waals surface area contributed by atoms with Crippen molar-refractivity contribution in [3.8, 4) is 67.2 Å². The molecule has 5 aromatic heterocycles. The molecule has 22 rings (SSSR count). The van der Waals surface area contributed by atoms with Gasteiger partial charge in [0.25, 0.3) is 0 Å². The summed E-state index contributed by atoms with van der Waals surface area (Å²) in [6.45, 7) is 13.5. The van der Waals surface area contributed by atoms with Gasteiger partial charge in [-0.1, -0.05) is 147 Å². The maximum absolute atomic E-state index is 12.1. The molecule has 1 fully saturated rings. The first-order valence-corrected chi connectivity index (χ1v) is 45.2. The first-order valence-electron chi connectivity index (χ1n) is 45.2. The van der Waals surface area contributed by atoms with Gasteiger partial charge in [-0.25, -0.2) is 0 Å². The zero-order valence-electron chi connectivity index (χ0n) is 75.7. The number of hydrogen-bond donors (Lipinski definition) is 6. The number of fused-ring (bicyclic) bond motifs is 8. The van der Waals surface area contributed by atoms with Gasteiger partial charge in [0.15, 0.2) is 40.5 Å². The third-order valence-electron chi connectivity index (χ3n) is 25.0. The summed E-state index contributed by atoms with van der Waals surface area (Å²) in [4.78, 5) is 113. The number of allylic oxidation sites excluding steroid dienone is 3. The zero-order chi connectivity index (χ0) is 94.5. The summed E-state index contributed by atoms with van der Waals surface area (Å²) in [5, 5.41) is 16.2. The second-order valence-electron chi connectivity index (χ2n) is 33.7. The minimum absolute atomic E-state index is 0.0181. The van der Waals surface area contributed by atoms with Crippen molar-refractivity contribution < 1.29 is 33.5 Å². The molecule has 12 heterocycles. The Hall–Kier alpha value is -15.5. The second kappa shape index (κ2) is 42.1. The van der Waals surface area contributed by atoms with Gasteiger partial charge in [-0.3, -0.25) is 73.7 Å². The molecule has 0 atom stereocenters. The van der Waals surface area contributed by atoms with Crippen LogP contribution in [0.1, 0.15) is 143 Å². The van der Waals surface area contributed by atoms with Gasteiger partial charge in [-0.15, -0.1) is 10.2 Å². The quantitative estimate of drug-likeness (QED) is 0.0523. The van der Waals surface area contributed by atoms with Crippen LogP contribution < -0.4 is 39.3 Å². The van der Waals surface area contributed by atoms with Crippen LogP contribution in [0.2, 0.25) is 0 Å². The van der Waals surface area contributed by atoms with Crippen molar-refractivity contribution in [2.45, 2.75) is 40.2 Å². The number of Topliss-reactive ketones (excluding diaryl/α,β-unsaturated/α-hetero) is 6. The Balaban J connectivity index is 0.000000114. The van der Waals surface area contributed by atoms with Crippen molar-refractivity contribution in [2.75, 3.05) is 110 Å². The summed E-state index contributed by atoms with van der Waals surface area (Å²) in [6.07, 6.45) is 19.2. The summed E-state index contributed by atoms with van der Waals surface area (Å²) in [6, 6.07) is 63.3. The lowest BCUT2D eigenvalue weighted by molar-refractivity contribution is 0.0992. The zero-order valence-corrected chi connectivity index (χ0v) is 75.7. The first kappa shape index (κ1) is 92.3. The van der Waals surface area contributed by atoms with E-state index in [-0.39, 0.29) is 74.0 Å². The molecule has 0 saturated carbocycles. The molecule has 12 N–H and O–H groups in total. The number of carbonyl (C=O) groups is 6. The van der Waals surface area contributed by atoms with Crippen molar-refractivity contribution in [2.24, 2.45) is 70.3 Å². The molecule has 0 amide bonds. The van der Waals surface area contributed by atoms with Crippen molar-refractivity contribution in [3.63, 3.8) is 0 Å². The number of nitrogens with zero attached hydrogens (tertiary/aromatic N) is 15. The highest BCUT2D eigenvalue weighted by atomic mass is 16.5. The Bertz CT molecular complexity index is 7140. The van der Waals surface area contributed by atoms with E-state index in [9.17, 15) is 28.8 Å². The predicted octanol–water partition coefficient (Wildman–Crippen LogP) is 12.7. The first-order chi connectivity index (χ1) is 66.3. The lowest BCUT2D eigenvalue weighted by Crippen LogP contribution is -2.36. The van der Waals surface area contributed by atoms with Crippen molar-refractivity contribution >= 4 is 86.3 Å². The topological polar surface area (TPSA) is 440 Å². The van der Waals surface area contributed by atoms with Gasteiger partial charge in [0.05, 0.1) is 83.0 Å². The Labute approximate surface area is 786 Å². The van der Waals surface area contributed by atoms with Crippen LogP contribution in [-0.4, -0.2) is 214 Å². The highest BCUT2D eigenvalue weighted by Gasteiger charge is 2.29. The van der Waals surface area contributed by atoms with E-state index in [1.807, 2.05) is 181 Å². The number of benzene rings is 8. The molecule has 0 radical (unpaired) electrons. The normalized spacial score (nSPS) is 15.0. The van der Waals surface area contributed by atoms with E-state index >= 15 is 0 Å². The number of morpholine rings is 1. The number of aliphatic imine (C=N–C) groups is 6. The minimum Gasteiger partial charge on any atom is -0.378 e. The molecule has 2 aliphatic carbocycles. The Morgan fingerprint density at radius 1 is 0.375 bits per heavy atom. The Morgan fingerprint density at radius 3 is 1.28 bits per heavy atom. The Morgan fingerprint density at radius 2 is 0.801 bits per heavy atom. The number of aromatic nitrogens is 8. The van der Waals surface area contributed by atoms with E-state index in [0.29, 0.717) is 74.0 Å². The van der Waals surface area contributed by atoms with Crippen LogP contribution in [0.4, 0.5) is 5.69 Å². The molecule has 0 unspecified atom stereocenters. The van der Waals surface area contributed by atoms with Gasteiger partial charge in [0, 0.05) is 190 Å². The number of anilines is 1. The van der Waals surface area contributed by atoms with Gasteiger partial charge in [0.1, 0.15) is 45.6 Å². The van der Waals surface area contributed by atoms with Crippen LogP contribution >= 0.6 is 0 Å². The third-order valence-corrected chi connectivity index (χ3v) is 25.0. The van der Waals surface area contributed by atoms with Crippen LogP contribution in [0.3, 0.4) is 0 Å². The third kappa shape index (κ3) is 20.2. The van der Waals surface area contributed by atoms with E-state index in [2.05, 4.69) is 152 Å². The fraction of sp³-hybridized carbons (Fsp3) is 0.213. The molecule has 8 aromatic carbocycles. The maximum atomic E-state index is 12.1. The minimum atomic E-state index is 0.0181. The molecular weight excluding hydrogens is 1700 g/mol. The number of aryl methyl sites for hydroxylation is 1. The standard InChI is InChI=1S/C21H21N3O.C19H17N5O.C19H20N4O2.C18H15N3O.C17H16N2O.C14H12N4O/c1-12(2)15-5-6-19-17(15)8-14(10-23-19)13-3-4-16-18(7-13)20(9-22)24-11-21(16)25;20-9-17-16-8-14(6-7-15(16)18(25)10-21-17)19-23-22-12-24(19)11-13-4-2-1-3-5-13;20-9-18-17-8-13(1-2-16(17)19(24)12-22-18)14-7-15(11-21-10-14)23-3-5-25-6-4-23;19-8-17-15-7-11(4-5-14(15)18(22)10-21-17)13-6-12-2-1-3-16(12)20-9-13;1-11-4-2-3-5-13(11)12-6-7-14-15(8-12)16(9-18)19-10-17(14)20;15-7-13-11-6-9(12-2-1-5-17-18-12)3-4-10(11)14(19)8-16-13/h3-5,7-8,10,12H,6,9,11,22H2,1-2H3;1-8,12H,9-11,20H2;1-2,7-8,10-11H,3-6,9,12,20H2;1-2,4-7,9H,3,8,10,19H2;2-8H,9-10,18H2,1H3;1-6H,7-8,15H2. The molecule has 9 aliphatic rings. The van der Waals surface area contributed by atoms with E-state index in [1.165, 1.54) is 33.4 Å². The van der Waals surface area contributed by atoms with Crippen molar-refractivity contribution in [1.29, 1.82) is 0 Å². The summed E-state index contributed by atoms with van der Waals surface area (Å²) in [7, 11) is 0. The van der Waals surface area contributed by atoms with Gasteiger partial charge in [-0.2, -0.15) is 10.2 Å². The summed E-state index contributed by atoms with van der Waals surface area (Å²) in [5.74, 6) is 1.48. The van der Waals surface area contributed by atoms with Crippen LogP contribution in [0.25, 0.3) is 78.8 Å². The predicted molar refractivity (Wildman–Crippen MR) is 535 cm³/mol. The molecule has 136 heavy (non-hydrogen) atoms. The van der Waals surface area contributed by atoms with Crippen LogP contribution in [0.15, 0.2) is 274 Å². The summed E-state index contributed by atoms with van der Waals surface area (Å²) in [5.41, 5.74) is 69.1. The summed E-state index contributed by atoms with van der Waals surface area (Å²) >= 11 is 0. The molecule has 1 saturated heterocycles. The fourth-order valence-corrected chi connectivity index (χ4v) is 17.7. The molecular formula is C108H101N21O7. The number of nitrogens with two attached hydrogens (primary N) is 6. The number of hydrogen-bond acceptors (Lipinski definition) is 27. The van der Waals surface area contributed by atoms with E-state index in [4.69, 9.17) is 39.1 Å². The number of ketones is 6. The number of ether oxygens (including phenoxy) is 1. The Kier molecular flexibility index (Phi) is 28.6. The van der Waals surface area contributed by atoms with Gasteiger partial charge in [0.2, 0.25) is 0 Å². The lowest BCUT2D eigenvalue weighted by atomic mass is 9.91. The van der Waals surface area contributed by atoms with E-state index in [0.717, 1.165) is 197 Å². The van der Waals surface area contributed by atoms with Crippen LogP contribution in [0, 0.1) is 12.8 Å².